The van der Waals surface area contributed by atoms with E-state index < -0.39 is 5.91 Å². The molecular weight excluding hydrogens is 230 g/mol. The van der Waals surface area contributed by atoms with Gasteiger partial charge in [-0.05, 0) is 18.2 Å². The Morgan fingerprint density at radius 3 is 2.88 bits per heavy atom. The molecule has 0 atom stereocenters. The Bertz CT molecular complexity index is 511. The number of aromatic amines is 1. The van der Waals surface area contributed by atoms with Gasteiger partial charge >= 0.3 is 0 Å². The topological polar surface area (TPSA) is 78.0 Å². The van der Waals surface area contributed by atoms with Crippen molar-refractivity contribution in [2.75, 3.05) is 5.32 Å². The lowest BCUT2D eigenvalue weighted by atomic mass is 10.2. The lowest BCUT2D eigenvalue weighted by Gasteiger charge is -2.04. The van der Waals surface area contributed by atoms with Crippen molar-refractivity contribution in [2.45, 2.75) is 0 Å². The van der Waals surface area contributed by atoms with Gasteiger partial charge in [0.2, 0.25) is 0 Å². The van der Waals surface area contributed by atoms with Crippen molar-refractivity contribution in [3.63, 3.8) is 0 Å². The summed E-state index contributed by atoms with van der Waals surface area (Å²) >= 11 is 5.66. The van der Waals surface area contributed by atoms with Crippen LogP contribution >= 0.6 is 11.6 Å². The van der Waals surface area contributed by atoms with Crippen LogP contribution in [0.4, 0.5) is 5.82 Å². The Kier molecular flexibility index (Phi) is 2.78. The number of H-pyrrole nitrogens is 1. The van der Waals surface area contributed by atoms with Crippen LogP contribution in [0.1, 0.15) is 10.4 Å². The predicted octanol–water partition coefficient (Wildman–Crippen LogP) is 2.02. The third-order valence-electron chi connectivity index (χ3n) is 1.95. The molecule has 82 valence electrons. The Hall–Kier alpha value is -2.01. The van der Waals surface area contributed by atoms with Crippen molar-refractivity contribution in [3.05, 3.63) is 41.0 Å². The molecule has 5 nitrogen and oxygen atoms in total. The molecule has 2 rings (SSSR count). The van der Waals surface area contributed by atoms with Gasteiger partial charge in [-0.25, -0.2) is 0 Å². The van der Waals surface area contributed by atoms with Crippen LogP contribution in [0.5, 0.6) is 5.75 Å². The van der Waals surface area contributed by atoms with Crippen LogP contribution in [0.2, 0.25) is 5.02 Å². The minimum atomic E-state index is -0.432. The summed E-state index contributed by atoms with van der Waals surface area (Å²) < 4.78 is 0. The molecule has 0 bridgehead atoms. The van der Waals surface area contributed by atoms with Gasteiger partial charge in [0.15, 0.2) is 0 Å². The van der Waals surface area contributed by atoms with Gasteiger partial charge in [-0.2, -0.15) is 5.10 Å². The number of hydrogen-bond acceptors (Lipinski definition) is 3. The molecule has 0 aliphatic rings. The summed E-state index contributed by atoms with van der Waals surface area (Å²) in [6.45, 7) is 0. The summed E-state index contributed by atoms with van der Waals surface area (Å²) in [6, 6.07) is 5.89. The third kappa shape index (κ3) is 2.14. The predicted molar refractivity (Wildman–Crippen MR) is 59.7 cm³/mol. The molecule has 0 aliphatic carbocycles. The molecule has 2 aromatic rings. The standard InChI is InChI=1S/C10H8ClN3O2/c11-6-1-2-7(8(15)5-6)10(16)13-9-3-4-12-14-9/h1-5,15H,(H2,12,13,14,16). The number of phenolic OH excluding ortho intramolecular Hbond substituents is 1. The number of aromatic hydroxyl groups is 1. The summed E-state index contributed by atoms with van der Waals surface area (Å²) in [7, 11) is 0. The monoisotopic (exact) mass is 237 g/mol. The Morgan fingerprint density at radius 2 is 2.25 bits per heavy atom. The van der Waals surface area contributed by atoms with Gasteiger partial charge in [-0.1, -0.05) is 11.6 Å². The summed E-state index contributed by atoms with van der Waals surface area (Å²) in [5, 5.41) is 18.7. The number of anilines is 1. The van der Waals surface area contributed by atoms with Gasteiger partial charge in [-0.15, -0.1) is 0 Å². The van der Waals surface area contributed by atoms with Crippen molar-refractivity contribution >= 4 is 23.3 Å². The molecule has 3 N–H and O–H groups in total. The summed E-state index contributed by atoms with van der Waals surface area (Å²) in [5.74, 6) is -0.137. The van der Waals surface area contributed by atoms with Crippen molar-refractivity contribution in [1.82, 2.24) is 10.2 Å². The molecule has 0 fully saturated rings. The number of halogens is 1. The van der Waals surface area contributed by atoms with Gasteiger partial charge in [0.05, 0.1) is 11.8 Å². The molecular formula is C10H8ClN3O2. The highest BCUT2D eigenvalue weighted by atomic mass is 35.5. The first-order chi connectivity index (χ1) is 7.66. The van der Waals surface area contributed by atoms with Gasteiger partial charge in [-0.3, -0.25) is 9.89 Å². The maximum absolute atomic E-state index is 11.7. The molecule has 0 unspecified atom stereocenters. The minimum Gasteiger partial charge on any atom is -0.507 e. The van der Waals surface area contributed by atoms with Crippen molar-refractivity contribution in [3.8, 4) is 5.75 Å². The average Bonchev–Trinajstić information content (AvgIpc) is 2.70. The van der Waals surface area contributed by atoms with E-state index in [-0.39, 0.29) is 11.3 Å². The van der Waals surface area contributed by atoms with E-state index in [0.717, 1.165) is 0 Å². The second-order valence-corrected chi connectivity index (χ2v) is 3.52. The number of carbonyl (C=O) groups excluding carboxylic acids is 1. The number of carbonyl (C=O) groups is 1. The zero-order valence-corrected chi connectivity index (χ0v) is 8.82. The molecule has 0 aliphatic heterocycles. The van der Waals surface area contributed by atoms with Crippen LogP contribution in [-0.2, 0) is 0 Å². The second kappa shape index (κ2) is 4.24. The van der Waals surface area contributed by atoms with Gasteiger partial charge in [0.25, 0.3) is 5.91 Å². The van der Waals surface area contributed by atoms with Crippen LogP contribution in [0.3, 0.4) is 0 Å². The van der Waals surface area contributed by atoms with E-state index in [1.807, 2.05) is 0 Å². The van der Waals surface area contributed by atoms with Crippen molar-refractivity contribution in [2.24, 2.45) is 0 Å². The van der Waals surface area contributed by atoms with Gasteiger partial charge < -0.3 is 10.4 Å². The summed E-state index contributed by atoms with van der Waals surface area (Å²) in [6.07, 6.45) is 1.51. The largest absolute Gasteiger partial charge is 0.507 e. The normalized spacial score (nSPS) is 10.1. The number of phenols is 1. The number of aromatic nitrogens is 2. The highest BCUT2D eigenvalue weighted by molar-refractivity contribution is 6.30. The summed E-state index contributed by atoms with van der Waals surface area (Å²) in [5.41, 5.74) is 0.152. The van der Waals surface area contributed by atoms with Crippen molar-refractivity contribution < 1.29 is 9.90 Å². The van der Waals surface area contributed by atoms with Crippen LogP contribution in [-0.4, -0.2) is 21.2 Å². The fourth-order valence-electron chi connectivity index (χ4n) is 1.21. The molecule has 6 heteroatoms. The van der Waals surface area contributed by atoms with Crippen LogP contribution in [0.25, 0.3) is 0 Å². The Labute approximate surface area is 96.1 Å². The van der Waals surface area contributed by atoms with Crippen LogP contribution in [0, 0.1) is 0 Å². The maximum atomic E-state index is 11.7. The van der Waals surface area contributed by atoms with E-state index in [1.165, 1.54) is 24.4 Å². The highest BCUT2D eigenvalue weighted by Crippen LogP contribution is 2.22. The van der Waals surface area contributed by atoms with E-state index >= 15 is 0 Å². The van der Waals surface area contributed by atoms with Gasteiger partial charge in [0.1, 0.15) is 11.6 Å². The molecule has 0 saturated carbocycles. The number of nitrogens with zero attached hydrogens (tertiary/aromatic N) is 1. The molecule has 1 aromatic heterocycles. The van der Waals surface area contributed by atoms with E-state index in [4.69, 9.17) is 11.6 Å². The number of nitrogens with one attached hydrogen (secondary N) is 2. The van der Waals surface area contributed by atoms with E-state index in [1.54, 1.807) is 6.07 Å². The SMILES string of the molecule is O=C(Nc1ccn[nH]1)c1ccc(Cl)cc1O. The van der Waals surface area contributed by atoms with Gasteiger partial charge in [0, 0.05) is 11.1 Å². The second-order valence-electron chi connectivity index (χ2n) is 3.09. The average molecular weight is 238 g/mol. The number of hydrogen-bond donors (Lipinski definition) is 3. The van der Waals surface area contributed by atoms with Crippen LogP contribution in [0.15, 0.2) is 30.5 Å². The Morgan fingerprint density at radius 1 is 1.44 bits per heavy atom. The van der Waals surface area contributed by atoms with E-state index in [0.29, 0.717) is 10.8 Å². The third-order valence-corrected chi connectivity index (χ3v) is 2.19. The fourth-order valence-corrected chi connectivity index (χ4v) is 1.38. The lowest BCUT2D eigenvalue weighted by molar-refractivity contribution is 0.102. The first-order valence-electron chi connectivity index (χ1n) is 4.46. The molecule has 0 saturated heterocycles. The molecule has 1 heterocycles. The quantitative estimate of drug-likeness (QED) is 0.748. The number of rotatable bonds is 2. The number of benzene rings is 1. The first-order valence-corrected chi connectivity index (χ1v) is 4.84. The zero-order chi connectivity index (χ0) is 11.5. The fraction of sp³-hybridized carbons (Fsp3) is 0. The van der Waals surface area contributed by atoms with Crippen LogP contribution < -0.4 is 5.32 Å². The summed E-state index contributed by atoms with van der Waals surface area (Å²) in [4.78, 5) is 11.7. The van der Waals surface area contributed by atoms with Crippen molar-refractivity contribution in [1.29, 1.82) is 0 Å². The van der Waals surface area contributed by atoms with E-state index in [2.05, 4.69) is 15.5 Å². The molecule has 0 spiro atoms. The lowest BCUT2D eigenvalue weighted by Crippen LogP contribution is -2.12. The molecule has 16 heavy (non-hydrogen) atoms. The highest BCUT2D eigenvalue weighted by Gasteiger charge is 2.11. The maximum Gasteiger partial charge on any atom is 0.260 e. The molecule has 0 radical (unpaired) electrons. The van der Waals surface area contributed by atoms with E-state index in [9.17, 15) is 9.90 Å². The molecule has 1 amide bonds. The Balaban J connectivity index is 2.21. The minimum absolute atomic E-state index is 0.152. The zero-order valence-electron chi connectivity index (χ0n) is 8.07. The smallest absolute Gasteiger partial charge is 0.260 e. The number of amides is 1. The molecule has 1 aromatic carbocycles. The first kappa shape index (κ1) is 10.5.